The van der Waals surface area contributed by atoms with Gasteiger partial charge in [-0.1, -0.05) is 54.6 Å². The quantitative estimate of drug-likeness (QED) is 0.253. The highest BCUT2D eigenvalue weighted by Gasteiger charge is 2.69. The van der Waals surface area contributed by atoms with Crippen LogP contribution in [0.2, 0.25) is 36.3 Å². The Morgan fingerprint density at radius 2 is 1.45 bits per heavy atom. The molecule has 0 aromatic carbocycles. The van der Waals surface area contributed by atoms with Gasteiger partial charge in [-0.05, 0) is 37.0 Å². The first kappa shape index (κ1) is 27.8. The number of carboxylic acids is 1. The van der Waals surface area contributed by atoms with Gasteiger partial charge in [0, 0.05) is 0 Å². The lowest BCUT2D eigenvalue weighted by atomic mass is 9.69. The topological polar surface area (TPSA) is 93.1 Å². The summed E-state index contributed by atoms with van der Waals surface area (Å²) < 4.78 is 13.1. The van der Waals surface area contributed by atoms with Gasteiger partial charge in [0.2, 0.25) is 5.91 Å². The molecule has 1 aliphatic rings. The molecule has 1 fully saturated rings. The Hall–Kier alpha value is -1.20. The third kappa shape index (κ3) is 4.50. The summed E-state index contributed by atoms with van der Waals surface area (Å²) in [7, 11) is -3.51. The molecule has 0 radical (unpaired) electrons. The van der Waals surface area contributed by atoms with Crippen LogP contribution in [0.5, 0.6) is 0 Å². The molecule has 4 atom stereocenters. The van der Waals surface area contributed by atoms with Gasteiger partial charge in [-0.15, -0.1) is 0 Å². The lowest BCUT2D eigenvalue weighted by molar-refractivity contribution is -0.184. The van der Waals surface area contributed by atoms with Crippen LogP contribution in [0.15, 0.2) is 0 Å². The van der Waals surface area contributed by atoms with Crippen molar-refractivity contribution < 1.29 is 28.7 Å². The van der Waals surface area contributed by atoms with Gasteiger partial charge in [0.25, 0.3) is 0 Å². The highest BCUT2D eigenvalue weighted by atomic mass is 28.4. The van der Waals surface area contributed by atoms with Crippen molar-refractivity contribution in [2.45, 2.75) is 104 Å². The molecular formula is C22H43NO6Si2. The number of hydrogen-bond donors (Lipinski definition) is 1. The average Bonchev–Trinajstić information content (AvgIpc) is 2.55. The molecule has 0 aromatic heterocycles. The molecule has 0 unspecified atom stereocenters. The Morgan fingerprint density at radius 3 is 1.77 bits per heavy atom. The van der Waals surface area contributed by atoms with E-state index >= 15 is 0 Å². The van der Waals surface area contributed by atoms with Crippen LogP contribution >= 0.6 is 0 Å². The van der Waals surface area contributed by atoms with Gasteiger partial charge in [0.05, 0.1) is 25.2 Å². The van der Waals surface area contributed by atoms with E-state index < -0.39 is 52.0 Å². The number of esters is 1. The van der Waals surface area contributed by atoms with Crippen LogP contribution in [-0.2, 0) is 23.5 Å². The van der Waals surface area contributed by atoms with Gasteiger partial charge in [0.1, 0.15) is 0 Å². The summed E-state index contributed by atoms with van der Waals surface area (Å²) >= 11 is 0. The summed E-state index contributed by atoms with van der Waals surface area (Å²) in [6.45, 7) is 24.0. The molecular weight excluding hydrogens is 430 g/mol. The Labute approximate surface area is 190 Å². The number of rotatable bonds is 7. The van der Waals surface area contributed by atoms with Crippen molar-refractivity contribution in [3.05, 3.63) is 0 Å². The number of carboxylic acid groups (broad SMARTS) is 1. The summed E-state index contributed by atoms with van der Waals surface area (Å²) in [6.07, 6.45) is -0.511. The molecule has 1 amide bonds. The van der Waals surface area contributed by atoms with Crippen molar-refractivity contribution in [1.82, 2.24) is 4.57 Å². The fourth-order valence-corrected chi connectivity index (χ4v) is 7.80. The summed E-state index contributed by atoms with van der Waals surface area (Å²) in [5.41, 5.74) is -1.88. The monoisotopic (exact) mass is 473 g/mol. The molecule has 1 N–H and O–H groups in total. The third-order valence-corrected chi connectivity index (χ3v) is 18.0. The highest BCUT2D eigenvalue weighted by Crippen LogP contribution is 2.52. The maximum Gasteiger partial charge on any atom is 0.325 e. The number of ether oxygens (including phenoxy) is 1. The first-order valence-electron chi connectivity index (χ1n) is 10.9. The van der Waals surface area contributed by atoms with Gasteiger partial charge in [-0.2, -0.15) is 0 Å². The smallest absolute Gasteiger partial charge is 0.325 e. The predicted octanol–water partition coefficient (Wildman–Crippen LogP) is 4.49. The van der Waals surface area contributed by atoms with E-state index in [-0.39, 0.29) is 16.0 Å². The number of aliphatic carboxylic acids is 1. The molecule has 1 saturated heterocycles. The van der Waals surface area contributed by atoms with Crippen LogP contribution in [0.1, 0.15) is 55.4 Å². The Kier molecular flexibility index (Phi) is 7.45. The predicted molar refractivity (Wildman–Crippen MR) is 127 cm³/mol. The first-order valence-corrected chi connectivity index (χ1v) is 16.8. The van der Waals surface area contributed by atoms with Crippen LogP contribution in [0.25, 0.3) is 0 Å². The van der Waals surface area contributed by atoms with Gasteiger partial charge < -0.3 is 18.8 Å². The zero-order valence-corrected chi connectivity index (χ0v) is 23.7. The van der Waals surface area contributed by atoms with Gasteiger partial charge >= 0.3 is 11.9 Å². The molecule has 180 valence electrons. The average molecular weight is 474 g/mol. The van der Waals surface area contributed by atoms with Crippen molar-refractivity contribution in [2.75, 3.05) is 7.11 Å². The number of nitrogens with zero attached hydrogens (tertiary/aromatic N) is 1. The van der Waals surface area contributed by atoms with E-state index in [4.69, 9.17) is 9.16 Å². The minimum atomic E-state index is -2.48. The first-order chi connectivity index (χ1) is 13.6. The number of carbonyl (C=O) groups is 3. The van der Waals surface area contributed by atoms with E-state index in [2.05, 4.69) is 54.6 Å². The second-order valence-electron chi connectivity index (χ2n) is 12.1. The Bertz CT molecular complexity index is 737. The molecule has 31 heavy (non-hydrogen) atoms. The second kappa shape index (κ2) is 8.30. The van der Waals surface area contributed by atoms with E-state index in [9.17, 15) is 19.5 Å². The van der Waals surface area contributed by atoms with Gasteiger partial charge in [-0.3, -0.25) is 14.4 Å². The molecule has 0 spiro atoms. The van der Waals surface area contributed by atoms with Crippen LogP contribution in [-0.4, -0.2) is 63.3 Å². The highest BCUT2D eigenvalue weighted by molar-refractivity contribution is 6.80. The molecule has 0 aromatic rings. The third-order valence-electron chi connectivity index (χ3n) is 8.02. The summed E-state index contributed by atoms with van der Waals surface area (Å²) in [5.74, 6) is -2.97. The SMILES string of the molecule is COC(=O)[C@](C)(C(=O)O)[C@@H]1[C@@H]([C@@H](C)O[Si](C)(C)C(C)(C)C)C(=O)N1[Si](C)(C)C(C)(C)C. The molecule has 1 heterocycles. The van der Waals surface area contributed by atoms with Crippen molar-refractivity contribution in [2.24, 2.45) is 11.3 Å². The number of methoxy groups -OCH3 is 1. The maximum absolute atomic E-state index is 13.6. The van der Waals surface area contributed by atoms with Crippen LogP contribution in [0.4, 0.5) is 0 Å². The van der Waals surface area contributed by atoms with E-state index in [0.717, 1.165) is 0 Å². The second-order valence-corrected chi connectivity index (χ2v) is 21.9. The molecule has 1 rings (SSSR count). The number of carbonyl (C=O) groups excluding carboxylic acids is 2. The van der Waals surface area contributed by atoms with Crippen LogP contribution < -0.4 is 0 Å². The van der Waals surface area contributed by atoms with Gasteiger partial charge in [-0.25, -0.2) is 0 Å². The molecule has 0 bridgehead atoms. The van der Waals surface area contributed by atoms with E-state index in [1.165, 1.54) is 14.0 Å². The number of amides is 1. The minimum Gasteiger partial charge on any atom is -0.480 e. The lowest BCUT2D eigenvalue weighted by Crippen LogP contribution is -2.80. The Morgan fingerprint density at radius 1 is 1.00 bits per heavy atom. The van der Waals surface area contributed by atoms with E-state index in [1.54, 1.807) is 4.57 Å². The molecule has 0 aliphatic carbocycles. The van der Waals surface area contributed by atoms with Crippen molar-refractivity contribution in [3.63, 3.8) is 0 Å². The summed E-state index contributed by atoms with van der Waals surface area (Å²) in [6, 6.07) is -0.828. The number of β-lactam (4-membered cyclic amide) rings is 1. The minimum absolute atomic E-state index is 0.0683. The zero-order valence-electron chi connectivity index (χ0n) is 21.7. The fourth-order valence-electron chi connectivity index (χ4n) is 3.83. The van der Waals surface area contributed by atoms with Gasteiger partial charge in [0.15, 0.2) is 22.0 Å². The normalized spacial score (nSPS) is 23.6. The number of hydrogen-bond acceptors (Lipinski definition) is 5. The Balaban J connectivity index is 3.60. The molecule has 0 saturated carbocycles. The maximum atomic E-state index is 13.6. The molecule has 1 aliphatic heterocycles. The lowest BCUT2D eigenvalue weighted by Gasteiger charge is -2.62. The van der Waals surface area contributed by atoms with E-state index in [1.807, 2.05) is 20.0 Å². The molecule has 7 nitrogen and oxygen atoms in total. The fraction of sp³-hybridized carbons (Fsp3) is 0.864. The summed E-state index contributed by atoms with van der Waals surface area (Å²) in [4.78, 5) is 38.8. The molecule has 9 heteroatoms. The largest absolute Gasteiger partial charge is 0.480 e. The summed E-state index contributed by atoms with van der Waals surface area (Å²) in [5, 5.41) is 9.86. The van der Waals surface area contributed by atoms with Crippen molar-refractivity contribution in [3.8, 4) is 0 Å². The van der Waals surface area contributed by atoms with Crippen LogP contribution in [0.3, 0.4) is 0 Å². The van der Waals surface area contributed by atoms with E-state index in [0.29, 0.717) is 0 Å². The van der Waals surface area contributed by atoms with Crippen molar-refractivity contribution >= 4 is 34.4 Å². The zero-order chi connectivity index (χ0) is 25.0. The standard InChI is InChI=1S/C22H43NO6Si2/c1-14(29-31(12,13)21(5,6)7)15-16(22(8,18(25)26)19(27)28-9)23(17(15)24)30(10,11)20(2,3)4/h14-16H,1-13H3,(H,25,26)/t14-,15-,16+,22+/m1/s1. The van der Waals surface area contributed by atoms with Crippen LogP contribution in [0, 0.1) is 11.3 Å². The van der Waals surface area contributed by atoms with Crippen molar-refractivity contribution in [1.29, 1.82) is 0 Å².